The summed E-state index contributed by atoms with van der Waals surface area (Å²) in [6.45, 7) is 1.82. The predicted molar refractivity (Wildman–Crippen MR) is 70.7 cm³/mol. The van der Waals surface area contributed by atoms with Crippen LogP contribution in [0.4, 0.5) is 0 Å². The average molecular weight is 233 g/mol. The molecule has 3 heteroatoms. The quantitative estimate of drug-likeness (QED) is 0.845. The molecule has 0 atom stereocenters. The Kier molecular flexibility index (Phi) is 4.51. The van der Waals surface area contributed by atoms with Crippen LogP contribution in [0.3, 0.4) is 0 Å². The zero-order valence-electron chi connectivity index (χ0n) is 10.9. The first-order chi connectivity index (χ1) is 8.29. The Morgan fingerprint density at radius 2 is 2.00 bits per heavy atom. The molecule has 1 aliphatic carbocycles. The summed E-state index contributed by atoms with van der Waals surface area (Å²) in [5, 5.41) is 3.14. The maximum absolute atomic E-state index is 4.67. The van der Waals surface area contributed by atoms with Crippen LogP contribution in [0.25, 0.3) is 0 Å². The smallest absolute Gasteiger partial charge is 0.0547 e. The van der Waals surface area contributed by atoms with Crippen molar-refractivity contribution in [2.24, 2.45) is 0 Å². The van der Waals surface area contributed by atoms with Gasteiger partial charge in [-0.15, -0.1) is 0 Å². The van der Waals surface area contributed by atoms with Gasteiger partial charge < -0.3 is 5.32 Å². The van der Waals surface area contributed by atoms with Gasteiger partial charge >= 0.3 is 0 Å². The summed E-state index contributed by atoms with van der Waals surface area (Å²) in [6, 6.07) is 7.09. The first kappa shape index (κ1) is 12.5. The number of pyridine rings is 1. The maximum atomic E-state index is 4.67. The first-order valence-electron chi connectivity index (χ1n) is 6.59. The molecule has 1 saturated carbocycles. The van der Waals surface area contributed by atoms with Crippen molar-refractivity contribution in [3.8, 4) is 0 Å². The normalized spacial score (nSPS) is 16.9. The second-order valence-electron chi connectivity index (χ2n) is 5.00. The van der Waals surface area contributed by atoms with Crippen molar-refractivity contribution in [1.29, 1.82) is 0 Å². The van der Waals surface area contributed by atoms with Crippen LogP contribution in [-0.2, 0) is 13.1 Å². The zero-order chi connectivity index (χ0) is 12.1. The van der Waals surface area contributed by atoms with Crippen molar-refractivity contribution in [2.75, 3.05) is 14.1 Å². The Labute approximate surface area is 104 Å². The Bertz CT molecular complexity index is 345. The lowest BCUT2D eigenvalue weighted by Crippen LogP contribution is -2.29. The Hall–Kier alpha value is -0.930. The molecule has 0 aromatic carbocycles. The van der Waals surface area contributed by atoms with E-state index in [1.165, 1.54) is 31.4 Å². The third-order valence-electron chi connectivity index (χ3n) is 3.58. The van der Waals surface area contributed by atoms with E-state index in [4.69, 9.17) is 0 Å². The zero-order valence-corrected chi connectivity index (χ0v) is 10.9. The second kappa shape index (κ2) is 6.12. The van der Waals surface area contributed by atoms with Gasteiger partial charge in [0.15, 0.2) is 0 Å². The number of nitrogens with zero attached hydrogens (tertiary/aromatic N) is 2. The minimum atomic E-state index is 0.768. The van der Waals surface area contributed by atoms with Gasteiger partial charge in [-0.2, -0.15) is 0 Å². The fraction of sp³-hybridized carbons (Fsp3) is 0.643. The number of hydrogen-bond acceptors (Lipinski definition) is 3. The van der Waals surface area contributed by atoms with E-state index in [9.17, 15) is 0 Å². The number of aromatic nitrogens is 1. The molecule has 0 aliphatic heterocycles. The molecular weight excluding hydrogens is 210 g/mol. The van der Waals surface area contributed by atoms with E-state index < -0.39 is 0 Å². The van der Waals surface area contributed by atoms with Crippen molar-refractivity contribution < 1.29 is 0 Å². The molecular formula is C14H23N3. The fourth-order valence-electron chi connectivity index (χ4n) is 2.63. The summed E-state index contributed by atoms with van der Waals surface area (Å²) in [5.74, 6) is 0. The van der Waals surface area contributed by atoms with Crippen LogP contribution in [0, 0.1) is 0 Å². The predicted octanol–water partition coefficient (Wildman–Crippen LogP) is 2.18. The van der Waals surface area contributed by atoms with Gasteiger partial charge in [0.05, 0.1) is 11.4 Å². The molecule has 0 radical (unpaired) electrons. The van der Waals surface area contributed by atoms with Crippen molar-refractivity contribution in [1.82, 2.24) is 15.2 Å². The Balaban J connectivity index is 1.94. The molecule has 1 aromatic rings. The van der Waals surface area contributed by atoms with Crippen molar-refractivity contribution in [2.45, 2.75) is 44.8 Å². The van der Waals surface area contributed by atoms with Crippen LogP contribution >= 0.6 is 0 Å². The van der Waals surface area contributed by atoms with E-state index in [1.54, 1.807) is 0 Å². The SMILES string of the molecule is CNCc1cccc(CN(C)C2CCCC2)n1. The molecule has 1 fully saturated rings. The number of hydrogen-bond donors (Lipinski definition) is 1. The van der Waals surface area contributed by atoms with Crippen LogP contribution in [0.1, 0.15) is 37.1 Å². The van der Waals surface area contributed by atoms with E-state index in [1.807, 2.05) is 7.05 Å². The molecule has 94 valence electrons. The van der Waals surface area contributed by atoms with Gasteiger partial charge in [0, 0.05) is 19.1 Å². The highest BCUT2D eigenvalue weighted by atomic mass is 15.1. The lowest BCUT2D eigenvalue weighted by molar-refractivity contribution is 0.234. The molecule has 2 rings (SSSR count). The van der Waals surface area contributed by atoms with E-state index >= 15 is 0 Å². The molecule has 1 heterocycles. The van der Waals surface area contributed by atoms with Crippen LogP contribution < -0.4 is 5.32 Å². The first-order valence-corrected chi connectivity index (χ1v) is 6.59. The summed E-state index contributed by atoms with van der Waals surface area (Å²) >= 11 is 0. The summed E-state index contributed by atoms with van der Waals surface area (Å²) in [6.07, 6.45) is 5.49. The molecule has 1 aliphatic rings. The average Bonchev–Trinajstić information content (AvgIpc) is 2.83. The van der Waals surface area contributed by atoms with Crippen LogP contribution in [0.5, 0.6) is 0 Å². The van der Waals surface area contributed by atoms with Gasteiger partial charge in [-0.25, -0.2) is 0 Å². The molecule has 0 bridgehead atoms. The molecule has 0 amide bonds. The lowest BCUT2D eigenvalue weighted by atomic mass is 10.2. The minimum absolute atomic E-state index is 0.768. The summed E-state index contributed by atoms with van der Waals surface area (Å²) in [4.78, 5) is 7.13. The van der Waals surface area contributed by atoms with Gasteiger partial charge in [0.25, 0.3) is 0 Å². The van der Waals surface area contributed by atoms with Crippen LogP contribution in [0.2, 0.25) is 0 Å². The highest BCUT2D eigenvalue weighted by Gasteiger charge is 2.19. The Morgan fingerprint density at radius 3 is 2.71 bits per heavy atom. The van der Waals surface area contributed by atoms with Crippen molar-refractivity contribution in [3.05, 3.63) is 29.6 Å². The minimum Gasteiger partial charge on any atom is -0.314 e. The van der Waals surface area contributed by atoms with Gasteiger partial charge in [-0.3, -0.25) is 9.88 Å². The third-order valence-corrected chi connectivity index (χ3v) is 3.58. The summed E-state index contributed by atoms with van der Waals surface area (Å²) in [7, 11) is 4.18. The number of nitrogens with one attached hydrogen (secondary N) is 1. The second-order valence-corrected chi connectivity index (χ2v) is 5.00. The van der Waals surface area contributed by atoms with Crippen LogP contribution in [0.15, 0.2) is 18.2 Å². The van der Waals surface area contributed by atoms with E-state index in [0.717, 1.165) is 24.8 Å². The molecule has 3 nitrogen and oxygen atoms in total. The molecule has 1 N–H and O–H groups in total. The maximum Gasteiger partial charge on any atom is 0.0547 e. The third kappa shape index (κ3) is 3.51. The van der Waals surface area contributed by atoms with Crippen molar-refractivity contribution in [3.63, 3.8) is 0 Å². The topological polar surface area (TPSA) is 28.2 Å². The highest BCUT2D eigenvalue weighted by Crippen LogP contribution is 2.23. The summed E-state index contributed by atoms with van der Waals surface area (Å²) in [5.41, 5.74) is 2.32. The number of rotatable bonds is 5. The molecule has 0 spiro atoms. The van der Waals surface area contributed by atoms with E-state index in [2.05, 4.69) is 40.4 Å². The highest BCUT2D eigenvalue weighted by molar-refractivity contribution is 5.11. The molecule has 0 unspecified atom stereocenters. The van der Waals surface area contributed by atoms with Crippen molar-refractivity contribution >= 4 is 0 Å². The largest absolute Gasteiger partial charge is 0.314 e. The van der Waals surface area contributed by atoms with Gasteiger partial charge in [0.2, 0.25) is 0 Å². The van der Waals surface area contributed by atoms with E-state index in [0.29, 0.717) is 0 Å². The molecule has 1 aromatic heterocycles. The monoisotopic (exact) mass is 233 g/mol. The van der Waals surface area contributed by atoms with E-state index in [-0.39, 0.29) is 0 Å². The lowest BCUT2D eigenvalue weighted by Gasteiger charge is -2.23. The Morgan fingerprint density at radius 1 is 1.29 bits per heavy atom. The van der Waals surface area contributed by atoms with Gasteiger partial charge in [-0.1, -0.05) is 18.9 Å². The fourth-order valence-corrected chi connectivity index (χ4v) is 2.63. The molecule has 17 heavy (non-hydrogen) atoms. The van der Waals surface area contributed by atoms with Gasteiger partial charge in [0.1, 0.15) is 0 Å². The van der Waals surface area contributed by atoms with Gasteiger partial charge in [-0.05, 0) is 39.1 Å². The summed E-state index contributed by atoms with van der Waals surface area (Å²) < 4.78 is 0. The standard InChI is InChI=1S/C14H23N3/c1-15-10-12-6-5-7-13(16-12)11-17(2)14-8-3-4-9-14/h5-7,14-15H,3-4,8-11H2,1-2H3. The van der Waals surface area contributed by atoms with Crippen LogP contribution in [-0.4, -0.2) is 30.0 Å². The molecule has 0 saturated heterocycles.